The molecular formula is C21H24Cl2N4O6S. The molecule has 1 fully saturated rings. The number of rotatable bonds is 7. The van der Waals surface area contributed by atoms with Crippen LogP contribution in [0.2, 0.25) is 10.0 Å². The van der Waals surface area contributed by atoms with Crippen LogP contribution in [-0.4, -0.2) is 54.6 Å². The van der Waals surface area contributed by atoms with E-state index in [-0.39, 0.29) is 52.0 Å². The summed E-state index contributed by atoms with van der Waals surface area (Å²) in [6, 6.07) is 4.55. The fraction of sp³-hybridized carbons (Fsp3) is 0.429. The minimum Gasteiger partial charge on any atom is -0.469 e. The number of methoxy groups -OCH3 is 1. The highest BCUT2D eigenvalue weighted by Crippen LogP contribution is 2.29. The van der Waals surface area contributed by atoms with Crippen molar-refractivity contribution in [2.45, 2.75) is 37.6 Å². The average molecular weight is 531 g/mol. The largest absolute Gasteiger partial charge is 0.469 e. The molecule has 2 heterocycles. The average Bonchev–Trinajstić information content (AvgIpc) is 2.81. The van der Waals surface area contributed by atoms with Gasteiger partial charge in [-0.25, -0.2) is 13.1 Å². The Morgan fingerprint density at radius 3 is 2.56 bits per heavy atom. The van der Waals surface area contributed by atoms with Gasteiger partial charge in [-0.15, -0.1) is 0 Å². The number of piperidine rings is 1. The van der Waals surface area contributed by atoms with E-state index in [1.54, 1.807) is 19.1 Å². The minimum absolute atomic E-state index is 0.0222. The smallest absolute Gasteiger partial charge is 0.305 e. The third kappa shape index (κ3) is 5.96. The molecule has 0 saturated carbocycles. The summed E-state index contributed by atoms with van der Waals surface area (Å²) in [4.78, 5) is 36.1. The van der Waals surface area contributed by atoms with Crippen molar-refractivity contribution in [3.63, 3.8) is 0 Å². The van der Waals surface area contributed by atoms with Crippen LogP contribution in [0.15, 0.2) is 34.1 Å². The number of benzene rings is 1. The van der Waals surface area contributed by atoms with E-state index in [9.17, 15) is 22.8 Å². The summed E-state index contributed by atoms with van der Waals surface area (Å²) in [6.07, 6.45) is 2.52. The molecule has 1 aliphatic rings. The number of carbonyl (C=O) groups excluding carboxylic acids is 2. The molecule has 1 aromatic heterocycles. The van der Waals surface area contributed by atoms with Gasteiger partial charge in [0, 0.05) is 25.2 Å². The summed E-state index contributed by atoms with van der Waals surface area (Å²) >= 11 is 11.5. The van der Waals surface area contributed by atoms with Gasteiger partial charge in [0.2, 0.25) is 15.9 Å². The number of hydrogen-bond donors (Lipinski definition) is 1. The highest BCUT2D eigenvalue weighted by atomic mass is 35.5. The van der Waals surface area contributed by atoms with E-state index in [4.69, 9.17) is 27.9 Å². The number of esters is 1. The van der Waals surface area contributed by atoms with Gasteiger partial charge in [0.05, 0.1) is 23.2 Å². The lowest BCUT2D eigenvalue weighted by Gasteiger charge is -2.31. The summed E-state index contributed by atoms with van der Waals surface area (Å²) in [7, 11) is -2.49. The van der Waals surface area contributed by atoms with E-state index >= 15 is 0 Å². The van der Waals surface area contributed by atoms with Gasteiger partial charge in [-0.1, -0.05) is 29.3 Å². The molecule has 10 nitrogen and oxygen atoms in total. The Morgan fingerprint density at radius 2 is 1.91 bits per heavy atom. The molecule has 1 amide bonds. The zero-order chi connectivity index (χ0) is 25.0. The molecule has 0 spiro atoms. The lowest BCUT2D eigenvalue weighted by atomic mass is 9.95. The highest BCUT2D eigenvalue weighted by Gasteiger charge is 2.31. The fourth-order valence-electron chi connectivity index (χ4n) is 3.66. The van der Waals surface area contributed by atoms with Crippen LogP contribution in [0.1, 0.15) is 24.8 Å². The molecule has 1 aliphatic heterocycles. The van der Waals surface area contributed by atoms with Crippen molar-refractivity contribution in [3.05, 3.63) is 50.4 Å². The maximum absolute atomic E-state index is 13.3. The van der Waals surface area contributed by atoms with E-state index in [0.29, 0.717) is 18.4 Å². The predicted molar refractivity (Wildman–Crippen MR) is 126 cm³/mol. The Labute approximate surface area is 206 Å². The molecule has 1 aromatic carbocycles. The van der Waals surface area contributed by atoms with Gasteiger partial charge in [-0.3, -0.25) is 14.4 Å². The van der Waals surface area contributed by atoms with E-state index in [1.807, 2.05) is 0 Å². The number of halogens is 2. The second kappa shape index (κ2) is 10.9. The molecule has 0 bridgehead atoms. The van der Waals surface area contributed by atoms with Crippen LogP contribution in [0, 0.1) is 12.8 Å². The molecule has 0 atom stereocenters. The normalized spacial score (nSPS) is 15.2. The van der Waals surface area contributed by atoms with Gasteiger partial charge in [-0.2, -0.15) is 9.40 Å². The third-order valence-corrected chi connectivity index (χ3v) is 8.37. The SMILES string of the molecule is COC(=O)CC1CCN(S(=O)(=O)c2cc(NC(=O)Cn3ncc(Cl)c(Cl)c3=O)ccc2C)CC1. The maximum atomic E-state index is 13.3. The van der Waals surface area contributed by atoms with Gasteiger partial charge in [-0.05, 0) is 43.4 Å². The second-order valence-electron chi connectivity index (χ2n) is 7.93. The monoisotopic (exact) mass is 530 g/mol. The minimum atomic E-state index is -3.82. The summed E-state index contributed by atoms with van der Waals surface area (Å²) in [5, 5.41) is 6.09. The van der Waals surface area contributed by atoms with Crippen molar-refractivity contribution < 1.29 is 22.7 Å². The first-order chi connectivity index (χ1) is 16.0. The number of amides is 1. The summed E-state index contributed by atoms with van der Waals surface area (Å²) < 4.78 is 33.5. The quantitative estimate of drug-likeness (QED) is 0.544. The first kappa shape index (κ1) is 26.1. The molecule has 0 radical (unpaired) electrons. The van der Waals surface area contributed by atoms with E-state index in [2.05, 4.69) is 10.4 Å². The summed E-state index contributed by atoms with van der Waals surface area (Å²) in [6.45, 7) is 1.80. The van der Waals surface area contributed by atoms with Crippen LogP contribution >= 0.6 is 23.2 Å². The maximum Gasteiger partial charge on any atom is 0.305 e. The third-order valence-electron chi connectivity index (χ3n) is 5.58. The fourth-order valence-corrected chi connectivity index (χ4v) is 5.65. The Hall–Kier alpha value is -2.47. The molecule has 184 valence electrons. The molecule has 3 rings (SSSR count). The van der Waals surface area contributed by atoms with Crippen molar-refractivity contribution in [2.24, 2.45) is 5.92 Å². The number of hydrogen-bond acceptors (Lipinski definition) is 7. The number of aromatic nitrogens is 2. The second-order valence-corrected chi connectivity index (χ2v) is 10.6. The summed E-state index contributed by atoms with van der Waals surface area (Å²) in [5.41, 5.74) is 0.0620. The van der Waals surface area contributed by atoms with Crippen LogP contribution in [0.4, 0.5) is 5.69 Å². The number of carbonyl (C=O) groups is 2. The van der Waals surface area contributed by atoms with Gasteiger partial charge in [0.15, 0.2) is 0 Å². The molecular weight excluding hydrogens is 507 g/mol. The number of sulfonamides is 1. The van der Waals surface area contributed by atoms with Crippen LogP contribution in [0.25, 0.3) is 0 Å². The number of nitrogens with one attached hydrogen (secondary N) is 1. The zero-order valence-corrected chi connectivity index (χ0v) is 20.9. The first-order valence-corrected chi connectivity index (χ1v) is 12.6. The van der Waals surface area contributed by atoms with Crippen LogP contribution in [0.3, 0.4) is 0 Å². The van der Waals surface area contributed by atoms with Gasteiger partial charge >= 0.3 is 5.97 Å². The topological polar surface area (TPSA) is 128 Å². The Kier molecular flexibility index (Phi) is 8.34. The summed E-state index contributed by atoms with van der Waals surface area (Å²) in [5.74, 6) is -0.827. The van der Waals surface area contributed by atoms with Crippen molar-refractivity contribution in [3.8, 4) is 0 Å². The van der Waals surface area contributed by atoms with Crippen molar-refractivity contribution >= 4 is 50.8 Å². The highest BCUT2D eigenvalue weighted by molar-refractivity contribution is 7.89. The predicted octanol–water partition coefficient (Wildman–Crippen LogP) is 2.46. The molecule has 0 aliphatic carbocycles. The van der Waals surface area contributed by atoms with Crippen LogP contribution in [-0.2, 0) is 30.9 Å². The van der Waals surface area contributed by atoms with Crippen LogP contribution < -0.4 is 10.9 Å². The lowest BCUT2D eigenvalue weighted by Crippen LogP contribution is -2.39. The zero-order valence-electron chi connectivity index (χ0n) is 18.6. The standard InChI is InChI=1S/C21H24Cl2N4O6S/c1-13-3-4-15(25-18(28)12-27-21(30)20(23)16(22)11-24-27)10-17(13)34(31,32)26-7-5-14(6-8-26)9-19(29)33-2/h3-4,10-11,14H,5-9,12H2,1-2H3,(H,25,28). The van der Waals surface area contributed by atoms with Crippen molar-refractivity contribution in [1.29, 1.82) is 0 Å². The molecule has 34 heavy (non-hydrogen) atoms. The Balaban J connectivity index is 1.72. The van der Waals surface area contributed by atoms with Crippen LogP contribution in [0.5, 0.6) is 0 Å². The van der Waals surface area contributed by atoms with E-state index < -0.39 is 28.0 Å². The van der Waals surface area contributed by atoms with E-state index in [0.717, 1.165) is 10.9 Å². The molecule has 1 saturated heterocycles. The van der Waals surface area contributed by atoms with E-state index in [1.165, 1.54) is 17.5 Å². The number of anilines is 1. The lowest BCUT2D eigenvalue weighted by molar-refractivity contribution is -0.142. The molecule has 1 N–H and O–H groups in total. The number of nitrogens with zero attached hydrogens (tertiary/aromatic N) is 3. The van der Waals surface area contributed by atoms with Gasteiger partial charge < -0.3 is 10.1 Å². The van der Waals surface area contributed by atoms with Crippen molar-refractivity contribution in [1.82, 2.24) is 14.1 Å². The first-order valence-electron chi connectivity index (χ1n) is 10.4. The molecule has 13 heteroatoms. The van der Waals surface area contributed by atoms with Gasteiger partial charge in [0.25, 0.3) is 5.56 Å². The van der Waals surface area contributed by atoms with Gasteiger partial charge in [0.1, 0.15) is 11.6 Å². The Morgan fingerprint density at radius 1 is 1.24 bits per heavy atom. The number of ether oxygens (including phenoxy) is 1. The Bertz CT molecular complexity index is 1260. The van der Waals surface area contributed by atoms with Crippen molar-refractivity contribution in [2.75, 3.05) is 25.5 Å². The molecule has 2 aromatic rings. The molecule has 0 unspecified atom stereocenters. The number of aryl methyl sites for hydroxylation is 1.